The molecule has 0 aromatic heterocycles. The van der Waals surface area contributed by atoms with Gasteiger partial charge in [-0.1, -0.05) is 122 Å². The van der Waals surface area contributed by atoms with Gasteiger partial charge in [0.25, 0.3) is 0 Å². The monoisotopic (exact) mass is 474 g/mol. The summed E-state index contributed by atoms with van der Waals surface area (Å²) in [6.45, 7) is 2.28. The molecule has 0 fully saturated rings. The van der Waals surface area contributed by atoms with E-state index < -0.39 is 5.97 Å². The molecule has 0 rings (SSSR count). The number of aliphatic carboxylic acids is 1. The summed E-state index contributed by atoms with van der Waals surface area (Å²) in [7, 11) is 0. The predicted octanol–water partition coefficient (Wildman–Crippen LogP) is 7.24. The standard InChI is InChI=1S/C22H44O2.Cs.H/c1-2-3-4-5-6-7-8-9-10-11-12-13-14-15-16-17-18-19-20-21-22(23)24;;/h2-21H2,1H3,(H,23,24);;. The van der Waals surface area contributed by atoms with Crippen LogP contribution in [0.2, 0.25) is 0 Å². The average Bonchev–Trinajstić information content (AvgIpc) is 2.56. The molecule has 0 spiro atoms. The van der Waals surface area contributed by atoms with Gasteiger partial charge in [-0.2, -0.15) is 0 Å². The summed E-state index contributed by atoms with van der Waals surface area (Å²) in [5, 5.41) is 8.56. The van der Waals surface area contributed by atoms with Crippen molar-refractivity contribution in [2.45, 2.75) is 135 Å². The van der Waals surface area contributed by atoms with E-state index in [4.69, 9.17) is 5.11 Å². The molecule has 0 saturated heterocycles. The van der Waals surface area contributed by atoms with Crippen molar-refractivity contribution >= 4 is 74.9 Å². The van der Waals surface area contributed by atoms with E-state index in [1.807, 2.05) is 0 Å². The van der Waals surface area contributed by atoms with Gasteiger partial charge in [-0.15, -0.1) is 0 Å². The molecule has 0 aromatic carbocycles. The maximum atomic E-state index is 10.4. The van der Waals surface area contributed by atoms with Gasteiger partial charge >= 0.3 is 74.9 Å². The SMILES string of the molecule is CCCCCCCCCCCCCCCCCCCCCC(=O)O.[CsH]. The minimum atomic E-state index is -0.651. The molecule has 0 aliphatic rings. The van der Waals surface area contributed by atoms with Crippen molar-refractivity contribution in [1.82, 2.24) is 0 Å². The van der Waals surface area contributed by atoms with Crippen molar-refractivity contribution in [2.24, 2.45) is 0 Å². The summed E-state index contributed by atoms with van der Waals surface area (Å²) in [5.41, 5.74) is 0. The van der Waals surface area contributed by atoms with E-state index >= 15 is 0 Å². The Morgan fingerprint density at radius 3 is 1.00 bits per heavy atom. The Balaban J connectivity index is 0. The molecule has 0 bridgehead atoms. The first-order valence-corrected chi connectivity index (χ1v) is 11.0. The van der Waals surface area contributed by atoms with E-state index in [0.29, 0.717) is 6.42 Å². The van der Waals surface area contributed by atoms with E-state index in [1.54, 1.807) is 0 Å². The van der Waals surface area contributed by atoms with Crippen molar-refractivity contribution in [3.05, 3.63) is 0 Å². The number of rotatable bonds is 20. The number of carboxylic acids is 1. The van der Waals surface area contributed by atoms with Crippen molar-refractivity contribution in [3.8, 4) is 0 Å². The molecule has 0 heterocycles. The molecule has 3 heteroatoms. The normalized spacial score (nSPS) is 10.6. The fourth-order valence-corrected chi connectivity index (χ4v) is 3.35. The third-order valence-corrected chi connectivity index (χ3v) is 4.99. The van der Waals surface area contributed by atoms with Crippen LogP contribution in [0, 0.1) is 0 Å². The fraction of sp³-hybridized carbons (Fsp3) is 0.955. The van der Waals surface area contributed by atoms with Crippen LogP contribution in [0.1, 0.15) is 135 Å². The second-order valence-electron chi connectivity index (χ2n) is 7.51. The van der Waals surface area contributed by atoms with E-state index in [1.165, 1.54) is 109 Å². The molecule has 0 aromatic rings. The van der Waals surface area contributed by atoms with Gasteiger partial charge in [0.1, 0.15) is 0 Å². The molecule has 0 amide bonds. The Labute approximate surface area is 217 Å². The number of carboxylic acid groups (broad SMARTS) is 1. The minimum absolute atomic E-state index is 0. The number of carbonyl (C=O) groups is 1. The topological polar surface area (TPSA) is 37.3 Å². The van der Waals surface area contributed by atoms with Crippen LogP contribution >= 0.6 is 0 Å². The number of hydrogen-bond donors (Lipinski definition) is 1. The molecule has 1 N–H and O–H groups in total. The van der Waals surface area contributed by atoms with E-state index in [0.717, 1.165) is 12.8 Å². The molecule has 0 saturated carbocycles. The van der Waals surface area contributed by atoms with Crippen molar-refractivity contribution in [3.63, 3.8) is 0 Å². The summed E-state index contributed by atoms with van der Waals surface area (Å²) >= 11 is 0. The van der Waals surface area contributed by atoms with Gasteiger partial charge in [0.2, 0.25) is 0 Å². The molecule has 0 aliphatic heterocycles. The average molecular weight is 475 g/mol. The van der Waals surface area contributed by atoms with Crippen LogP contribution in [0.15, 0.2) is 0 Å². The Bertz CT molecular complexity index is 256. The molecule has 0 unspecified atom stereocenters. The Kier molecular flexibility index (Phi) is 29.3. The van der Waals surface area contributed by atoms with Crippen LogP contribution in [-0.2, 0) is 4.79 Å². The molecular formula is C22H45CsO2. The van der Waals surface area contributed by atoms with E-state index in [9.17, 15) is 4.79 Å². The van der Waals surface area contributed by atoms with Gasteiger partial charge in [0.05, 0.1) is 0 Å². The Hall–Kier alpha value is 1.52. The number of hydrogen-bond acceptors (Lipinski definition) is 1. The zero-order valence-electron chi connectivity index (χ0n) is 16.5. The Morgan fingerprint density at radius 2 is 0.760 bits per heavy atom. The zero-order valence-corrected chi connectivity index (χ0v) is 16.5. The van der Waals surface area contributed by atoms with Crippen LogP contribution in [-0.4, -0.2) is 80.0 Å². The number of unbranched alkanes of at least 4 members (excludes halogenated alkanes) is 18. The van der Waals surface area contributed by atoms with Gasteiger partial charge in [0.15, 0.2) is 0 Å². The molecule has 0 radical (unpaired) electrons. The van der Waals surface area contributed by atoms with Gasteiger partial charge in [-0.05, 0) is 6.42 Å². The summed E-state index contributed by atoms with van der Waals surface area (Å²) in [4.78, 5) is 10.4. The van der Waals surface area contributed by atoms with E-state index in [-0.39, 0.29) is 68.9 Å². The van der Waals surface area contributed by atoms with Crippen molar-refractivity contribution < 1.29 is 9.90 Å². The van der Waals surface area contributed by atoms with Crippen LogP contribution < -0.4 is 0 Å². The van der Waals surface area contributed by atoms with Crippen LogP contribution in [0.3, 0.4) is 0 Å². The van der Waals surface area contributed by atoms with Crippen molar-refractivity contribution in [1.29, 1.82) is 0 Å². The molecule has 146 valence electrons. The van der Waals surface area contributed by atoms with Crippen LogP contribution in [0.4, 0.5) is 0 Å². The molecule has 0 atom stereocenters. The third kappa shape index (κ3) is 27.8. The maximum absolute atomic E-state index is 10.4. The summed E-state index contributed by atoms with van der Waals surface area (Å²) in [6.07, 6.45) is 26.1. The third-order valence-electron chi connectivity index (χ3n) is 4.99. The Morgan fingerprint density at radius 1 is 0.520 bits per heavy atom. The summed E-state index contributed by atoms with van der Waals surface area (Å²) < 4.78 is 0. The van der Waals surface area contributed by atoms with Gasteiger partial charge in [-0.25, -0.2) is 0 Å². The van der Waals surface area contributed by atoms with Gasteiger partial charge in [-0.3, -0.25) is 4.79 Å². The fourth-order valence-electron chi connectivity index (χ4n) is 3.35. The molecule has 25 heavy (non-hydrogen) atoms. The zero-order chi connectivity index (χ0) is 17.7. The second kappa shape index (κ2) is 25.5. The quantitative estimate of drug-likeness (QED) is 0.189. The summed E-state index contributed by atoms with van der Waals surface area (Å²) in [5.74, 6) is -0.651. The van der Waals surface area contributed by atoms with Gasteiger partial charge < -0.3 is 5.11 Å². The molecule has 2 nitrogen and oxygen atoms in total. The van der Waals surface area contributed by atoms with E-state index in [2.05, 4.69) is 6.92 Å². The predicted molar refractivity (Wildman–Crippen MR) is 113 cm³/mol. The molecule has 0 aliphatic carbocycles. The van der Waals surface area contributed by atoms with Crippen LogP contribution in [0.5, 0.6) is 0 Å². The first-order valence-electron chi connectivity index (χ1n) is 11.0. The summed E-state index contributed by atoms with van der Waals surface area (Å²) in [6, 6.07) is 0. The van der Waals surface area contributed by atoms with Crippen LogP contribution in [0.25, 0.3) is 0 Å². The van der Waals surface area contributed by atoms with Crippen molar-refractivity contribution in [2.75, 3.05) is 0 Å². The molecular weight excluding hydrogens is 429 g/mol. The van der Waals surface area contributed by atoms with Gasteiger partial charge in [0, 0.05) is 6.42 Å². The first-order chi connectivity index (χ1) is 11.8. The first kappa shape index (κ1) is 28.7. The second-order valence-corrected chi connectivity index (χ2v) is 7.51.